The monoisotopic (exact) mass is 543 g/mol. The zero-order valence-corrected chi connectivity index (χ0v) is 23.7. The Kier molecular flexibility index (Phi) is 12.3. The maximum atomic E-state index is 13.5. The minimum Gasteiger partial charge on any atom is -0.333 e. The summed E-state index contributed by atoms with van der Waals surface area (Å²) < 4.78 is 0. The summed E-state index contributed by atoms with van der Waals surface area (Å²) in [4.78, 5) is 40.7. The maximum absolute atomic E-state index is 13.5. The number of urea groups is 1. The minimum atomic E-state index is -0.680. The highest BCUT2D eigenvalue weighted by molar-refractivity contribution is 5.74. The van der Waals surface area contributed by atoms with E-state index in [2.05, 4.69) is 58.7 Å². The van der Waals surface area contributed by atoms with Crippen LogP contribution in [0.5, 0.6) is 0 Å². The summed E-state index contributed by atoms with van der Waals surface area (Å²) in [6, 6.07) is 30.2. The molecule has 0 aliphatic rings. The number of hydrogen-bond acceptors (Lipinski definition) is 5. The highest BCUT2D eigenvalue weighted by Crippen LogP contribution is 2.28. The van der Waals surface area contributed by atoms with Crippen molar-refractivity contribution in [2.24, 2.45) is 0 Å². The molecule has 3 amide bonds. The molecule has 0 aliphatic heterocycles. The number of hydrogen-bond donors (Lipinski definition) is 1. The predicted molar refractivity (Wildman–Crippen MR) is 158 cm³/mol. The third-order valence-electron chi connectivity index (χ3n) is 7.08. The van der Waals surface area contributed by atoms with Crippen molar-refractivity contribution in [1.82, 2.24) is 25.1 Å². The zero-order chi connectivity index (χ0) is 28.7. The van der Waals surface area contributed by atoms with Gasteiger partial charge in [-0.25, -0.2) is 14.8 Å². The highest BCUT2D eigenvalue weighted by atomic mass is 16.2. The molecule has 0 saturated carbocycles. The van der Waals surface area contributed by atoms with Crippen molar-refractivity contribution in [2.75, 3.05) is 40.3 Å². The van der Waals surface area contributed by atoms with Gasteiger partial charge in [-0.1, -0.05) is 97.9 Å². The summed E-state index contributed by atoms with van der Waals surface area (Å²) in [7, 11) is 3.79. The Morgan fingerprint density at radius 3 is 1.90 bits per heavy atom. The van der Waals surface area contributed by atoms with Gasteiger partial charge in [-0.05, 0) is 36.7 Å². The van der Waals surface area contributed by atoms with Crippen LogP contribution < -0.4 is 5.32 Å². The molecule has 0 radical (unpaired) electrons. The third-order valence-corrected chi connectivity index (χ3v) is 7.08. The fraction of sp³-hybridized carbons (Fsp3) is 0.344. The number of nitrogens with zero attached hydrogens (tertiary/aromatic N) is 4. The zero-order valence-electron chi connectivity index (χ0n) is 23.7. The molecule has 0 saturated heterocycles. The Bertz CT molecular complexity index is 1120. The van der Waals surface area contributed by atoms with E-state index >= 15 is 0 Å². The summed E-state index contributed by atoms with van der Waals surface area (Å²) in [6.07, 6.45) is 1.50. The summed E-state index contributed by atoms with van der Waals surface area (Å²) in [5.41, 5.74) is 3.44. The molecule has 212 valence electrons. The van der Waals surface area contributed by atoms with Crippen LogP contribution in [-0.2, 0) is 16.1 Å². The molecule has 0 heterocycles. The number of amides is 3. The second-order valence-corrected chi connectivity index (χ2v) is 9.84. The molecule has 0 aliphatic carbocycles. The average molecular weight is 544 g/mol. The fourth-order valence-corrected chi connectivity index (χ4v) is 4.78. The van der Waals surface area contributed by atoms with Gasteiger partial charge in [-0.3, -0.25) is 4.79 Å². The van der Waals surface area contributed by atoms with Crippen LogP contribution >= 0.6 is 0 Å². The van der Waals surface area contributed by atoms with Crippen LogP contribution in [0.25, 0.3) is 0 Å². The number of aldehydes is 1. The van der Waals surface area contributed by atoms with Crippen LogP contribution in [-0.4, -0.2) is 85.0 Å². The van der Waals surface area contributed by atoms with Crippen molar-refractivity contribution < 1.29 is 14.4 Å². The van der Waals surface area contributed by atoms with Gasteiger partial charge in [0.1, 0.15) is 12.5 Å². The lowest BCUT2D eigenvalue weighted by Crippen LogP contribution is -2.62. The Morgan fingerprint density at radius 2 is 1.40 bits per heavy atom. The van der Waals surface area contributed by atoms with Crippen molar-refractivity contribution in [1.29, 1.82) is 0 Å². The van der Waals surface area contributed by atoms with Crippen molar-refractivity contribution in [2.45, 2.75) is 32.0 Å². The van der Waals surface area contributed by atoms with E-state index in [4.69, 9.17) is 0 Å². The minimum absolute atomic E-state index is 0.112. The quantitative estimate of drug-likeness (QED) is 0.167. The molecule has 0 spiro atoms. The fourth-order valence-electron chi connectivity index (χ4n) is 4.78. The first-order valence-electron chi connectivity index (χ1n) is 13.7. The van der Waals surface area contributed by atoms with Crippen LogP contribution in [0, 0.1) is 0 Å². The Balaban J connectivity index is 1.80. The molecule has 0 bridgehead atoms. The molecule has 1 unspecified atom stereocenters. The highest BCUT2D eigenvalue weighted by Gasteiger charge is 2.32. The molecule has 3 aromatic carbocycles. The van der Waals surface area contributed by atoms with Gasteiger partial charge in [0.05, 0.1) is 6.54 Å². The smallest absolute Gasteiger partial charge is 0.333 e. The summed E-state index contributed by atoms with van der Waals surface area (Å²) >= 11 is 0. The van der Waals surface area contributed by atoms with Crippen molar-refractivity contribution in [3.05, 3.63) is 108 Å². The average Bonchev–Trinajstić information content (AvgIpc) is 3.00. The van der Waals surface area contributed by atoms with Gasteiger partial charge in [-0.15, -0.1) is 0 Å². The van der Waals surface area contributed by atoms with Gasteiger partial charge in [0.25, 0.3) is 0 Å². The largest absolute Gasteiger partial charge is 0.334 e. The lowest BCUT2D eigenvalue weighted by Gasteiger charge is -2.43. The van der Waals surface area contributed by atoms with E-state index in [9.17, 15) is 14.4 Å². The molecule has 1 N–H and O–H groups in total. The Labute approximate surface area is 238 Å². The molecule has 40 heavy (non-hydrogen) atoms. The van der Waals surface area contributed by atoms with Crippen LogP contribution in [0.15, 0.2) is 91.0 Å². The Morgan fingerprint density at radius 1 is 0.850 bits per heavy atom. The molecule has 0 aromatic heterocycles. The van der Waals surface area contributed by atoms with Gasteiger partial charge in [-0.2, -0.15) is 0 Å². The van der Waals surface area contributed by atoms with E-state index in [1.807, 2.05) is 56.4 Å². The molecule has 3 aromatic rings. The number of carbonyl (C=O) groups excluding carboxylic acids is 3. The summed E-state index contributed by atoms with van der Waals surface area (Å²) in [5.74, 6) is 0.198. The SMILES string of the molecule is CCN(C)N(C(=O)NCc1ccccc1)C(CN(C)CCC(c1ccccc1)c1ccccc1)N(C=O)CC=O. The molecule has 8 heteroatoms. The molecule has 3 rings (SSSR count). The molecular formula is C32H41N5O3. The molecule has 0 fully saturated rings. The number of rotatable bonds is 16. The first-order chi connectivity index (χ1) is 19.5. The standard InChI is InChI=1S/C32H41N5O3/c1-4-35(3)37(32(40)33-24-27-14-8-5-9-15-27)31(36(26-39)22-23-38)25-34(2)21-20-30(28-16-10-6-11-17-28)29-18-12-7-13-19-29/h5-19,23,26,30-31H,4,20-22,24-25H2,1-3H3,(H,33,40). The third kappa shape index (κ3) is 8.76. The van der Waals surface area contributed by atoms with Gasteiger partial charge < -0.3 is 19.9 Å². The summed E-state index contributed by atoms with van der Waals surface area (Å²) in [6.45, 7) is 3.80. The van der Waals surface area contributed by atoms with Crippen molar-refractivity contribution >= 4 is 18.7 Å². The topological polar surface area (TPSA) is 76.2 Å². The normalized spacial score (nSPS) is 11.8. The van der Waals surface area contributed by atoms with Crippen LogP contribution in [0.2, 0.25) is 0 Å². The number of hydrazine groups is 1. The van der Waals surface area contributed by atoms with Crippen LogP contribution in [0.1, 0.15) is 36.0 Å². The second-order valence-electron chi connectivity index (χ2n) is 9.84. The number of likely N-dealkylation sites (N-methyl/N-ethyl adjacent to an activating group) is 1. The maximum Gasteiger partial charge on any atom is 0.334 e. The predicted octanol–water partition coefficient (Wildman–Crippen LogP) is 4.20. The molecular weight excluding hydrogens is 502 g/mol. The van der Waals surface area contributed by atoms with Gasteiger partial charge in [0, 0.05) is 32.6 Å². The van der Waals surface area contributed by atoms with Crippen LogP contribution in [0.4, 0.5) is 4.79 Å². The van der Waals surface area contributed by atoms with Gasteiger partial charge >= 0.3 is 6.03 Å². The van der Waals surface area contributed by atoms with E-state index in [1.165, 1.54) is 16.0 Å². The van der Waals surface area contributed by atoms with E-state index < -0.39 is 6.17 Å². The van der Waals surface area contributed by atoms with E-state index in [0.29, 0.717) is 38.9 Å². The molecule has 1 atom stereocenters. The lowest BCUT2D eigenvalue weighted by molar-refractivity contribution is -0.134. The van der Waals surface area contributed by atoms with E-state index in [1.54, 1.807) is 17.1 Å². The van der Waals surface area contributed by atoms with Gasteiger partial charge in [0.2, 0.25) is 6.41 Å². The number of carbonyl (C=O) groups is 3. The van der Waals surface area contributed by atoms with E-state index in [-0.39, 0.29) is 18.5 Å². The number of benzene rings is 3. The van der Waals surface area contributed by atoms with Crippen molar-refractivity contribution in [3.8, 4) is 0 Å². The first-order valence-corrected chi connectivity index (χ1v) is 13.7. The molecule has 8 nitrogen and oxygen atoms in total. The summed E-state index contributed by atoms with van der Waals surface area (Å²) in [5, 5.41) is 6.30. The number of nitrogens with one attached hydrogen (secondary N) is 1. The lowest BCUT2D eigenvalue weighted by atomic mass is 9.88. The van der Waals surface area contributed by atoms with E-state index in [0.717, 1.165) is 12.0 Å². The van der Waals surface area contributed by atoms with Crippen molar-refractivity contribution in [3.63, 3.8) is 0 Å². The Hall–Kier alpha value is -4.01. The second kappa shape index (κ2) is 16.2. The van der Waals surface area contributed by atoms with Gasteiger partial charge in [0.15, 0.2) is 0 Å². The van der Waals surface area contributed by atoms with Crippen LogP contribution in [0.3, 0.4) is 0 Å². The first kappa shape index (κ1) is 30.5.